The van der Waals surface area contributed by atoms with E-state index < -0.39 is 0 Å². The SMILES string of the molecule is CCONCc1cc(OC)ccc1Br. The van der Waals surface area contributed by atoms with Crippen LogP contribution in [0.15, 0.2) is 22.7 Å². The van der Waals surface area contributed by atoms with Gasteiger partial charge in [-0.3, -0.25) is 0 Å². The number of methoxy groups -OCH3 is 1. The molecule has 0 atom stereocenters. The van der Waals surface area contributed by atoms with Crippen molar-refractivity contribution >= 4 is 15.9 Å². The third-order valence-electron chi connectivity index (χ3n) is 1.76. The average molecular weight is 260 g/mol. The van der Waals surface area contributed by atoms with E-state index >= 15 is 0 Å². The van der Waals surface area contributed by atoms with E-state index in [0.29, 0.717) is 13.2 Å². The monoisotopic (exact) mass is 259 g/mol. The minimum atomic E-state index is 0.654. The van der Waals surface area contributed by atoms with E-state index in [0.717, 1.165) is 15.8 Å². The first-order chi connectivity index (χ1) is 6.77. The van der Waals surface area contributed by atoms with Crippen molar-refractivity contribution in [3.05, 3.63) is 28.2 Å². The summed E-state index contributed by atoms with van der Waals surface area (Å²) in [5.41, 5.74) is 3.97. The summed E-state index contributed by atoms with van der Waals surface area (Å²) in [5.74, 6) is 0.849. The minimum absolute atomic E-state index is 0.654. The van der Waals surface area contributed by atoms with Gasteiger partial charge in [0.1, 0.15) is 5.75 Å². The highest BCUT2D eigenvalue weighted by atomic mass is 79.9. The summed E-state index contributed by atoms with van der Waals surface area (Å²) in [5, 5.41) is 0. The molecule has 0 heterocycles. The molecule has 1 rings (SSSR count). The summed E-state index contributed by atoms with van der Waals surface area (Å²) in [4.78, 5) is 5.05. The van der Waals surface area contributed by atoms with Crippen LogP contribution in [0.25, 0.3) is 0 Å². The third-order valence-corrected chi connectivity index (χ3v) is 2.54. The lowest BCUT2D eigenvalue weighted by atomic mass is 10.2. The van der Waals surface area contributed by atoms with E-state index in [2.05, 4.69) is 21.4 Å². The normalized spacial score (nSPS) is 10.2. The zero-order valence-corrected chi connectivity index (χ0v) is 9.93. The largest absolute Gasteiger partial charge is 0.497 e. The number of ether oxygens (including phenoxy) is 1. The Morgan fingerprint density at radius 2 is 2.21 bits per heavy atom. The number of hydrogen-bond donors (Lipinski definition) is 1. The highest BCUT2D eigenvalue weighted by Crippen LogP contribution is 2.22. The number of rotatable bonds is 5. The Morgan fingerprint density at radius 3 is 2.86 bits per heavy atom. The van der Waals surface area contributed by atoms with Gasteiger partial charge in [0.2, 0.25) is 0 Å². The molecule has 0 radical (unpaired) electrons. The van der Waals surface area contributed by atoms with Gasteiger partial charge in [-0.05, 0) is 30.7 Å². The third kappa shape index (κ3) is 3.29. The maximum Gasteiger partial charge on any atom is 0.119 e. The Labute approximate surface area is 92.5 Å². The van der Waals surface area contributed by atoms with Crippen LogP contribution in [0, 0.1) is 0 Å². The van der Waals surface area contributed by atoms with Crippen molar-refractivity contribution in [2.45, 2.75) is 13.5 Å². The number of hydrogen-bond acceptors (Lipinski definition) is 3. The Hall–Kier alpha value is -0.580. The van der Waals surface area contributed by atoms with Gasteiger partial charge >= 0.3 is 0 Å². The lowest BCUT2D eigenvalue weighted by Crippen LogP contribution is -2.13. The van der Waals surface area contributed by atoms with Crippen LogP contribution in [-0.4, -0.2) is 13.7 Å². The fourth-order valence-corrected chi connectivity index (χ4v) is 1.43. The average Bonchev–Trinajstić information content (AvgIpc) is 2.21. The maximum absolute atomic E-state index is 5.13. The van der Waals surface area contributed by atoms with E-state index in [4.69, 9.17) is 9.57 Å². The molecule has 1 aromatic carbocycles. The standard InChI is InChI=1S/C10H14BrNO2/c1-3-14-12-7-8-6-9(13-2)4-5-10(8)11/h4-6,12H,3,7H2,1-2H3. The van der Waals surface area contributed by atoms with Crippen LogP contribution in [0.1, 0.15) is 12.5 Å². The number of hydroxylamine groups is 1. The van der Waals surface area contributed by atoms with Crippen molar-refractivity contribution in [3.63, 3.8) is 0 Å². The van der Waals surface area contributed by atoms with Crippen LogP contribution in [0.3, 0.4) is 0 Å². The molecule has 0 saturated carbocycles. The van der Waals surface area contributed by atoms with Crippen LogP contribution >= 0.6 is 15.9 Å². The van der Waals surface area contributed by atoms with Gasteiger partial charge in [0.05, 0.1) is 13.7 Å². The number of nitrogens with one attached hydrogen (secondary N) is 1. The second-order valence-corrected chi connectivity index (χ2v) is 3.57. The molecule has 0 spiro atoms. The summed E-state index contributed by atoms with van der Waals surface area (Å²) in [7, 11) is 1.66. The highest BCUT2D eigenvalue weighted by Gasteiger charge is 2.01. The van der Waals surface area contributed by atoms with Crippen molar-refractivity contribution in [1.29, 1.82) is 0 Å². The zero-order chi connectivity index (χ0) is 10.4. The smallest absolute Gasteiger partial charge is 0.119 e. The zero-order valence-electron chi connectivity index (χ0n) is 8.34. The first kappa shape index (κ1) is 11.5. The molecule has 1 N–H and O–H groups in total. The predicted octanol–water partition coefficient (Wildman–Crippen LogP) is 2.50. The van der Waals surface area contributed by atoms with Crippen molar-refractivity contribution in [1.82, 2.24) is 5.48 Å². The number of benzene rings is 1. The molecule has 14 heavy (non-hydrogen) atoms. The van der Waals surface area contributed by atoms with E-state index in [1.54, 1.807) is 7.11 Å². The summed E-state index contributed by atoms with van der Waals surface area (Å²) < 4.78 is 6.17. The Bertz CT molecular complexity index is 291. The van der Waals surface area contributed by atoms with Crippen LogP contribution in [-0.2, 0) is 11.4 Å². The molecule has 0 aliphatic heterocycles. The molecular formula is C10H14BrNO2. The van der Waals surface area contributed by atoms with E-state index in [-0.39, 0.29) is 0 Å². The van der Waals surface area contributed by atoms with Gasteiger partial charge in [-0.15, -0.1) is 0 Å². The van der Waals surface area contributed by atoms with Gasteiger partial charge in [0.15, 0.2) is 0 Å². The Balaban J connectivity index is 2.64. The lowest BCUT2D eigenvalue weighted by molar-refractivity contribution is 0.0462. The molecule has 0 bridgehead atoms. The van der Waals surface area contributed by atoms with Gasteiger partial charge < -0.3 is 9.57 Å². The fraction of sp³-hybridized carbons (Fsp3) is 0.400. The van der Waals surface area contributed by atoms with E-state index in [1.165, 1.54) is 0 Å². The van der Waals surface area contributed by atoms with Gasteiger partial charge in [0.25, 0.3) is 0 Å². The summed E-state index contributed by atoms with van der Waals surface area (Å²) in [6.45, 7) is 3.25. The molecule has 0 saturated heterocycles. The van der Waals surface area contributed by atoms with Crippen molar-refractivity contribution < 1.29 is 9.57 Å². The molecule has 4 heteroatoms. The van der Waals surface area contributed by atoms with Gasteiger partial charge in [-0.25, -0.2) is 0 Å². The molecule has 3 nitrogen and oxygen atoms in total. The fourth-order valence-electron chi connectivity index (χ4n) is 1.04. The van der Waals surface area contributed by atoms with Crippen molar-refractivity contribution in [2.75, 3.05) is 13.7 Å². The highest BCUT2D eigenvalue weighted by molar-refractivity contribution is 9.10. The molecule has 0 amide bonds. The molecule has 0 aliphatic carbocycles. The molecule has 0 unspecified atom stereocenters. The summed E-state index contributed by atoms with van der Waals surface area (Å²) >= 11 is 3.46. The van der Waals surface area contributed by atoms with Crippen LogP contribution in [0.5, 0.6) is 5.75 Å². The van der Waals surface area contributed by atoms with Crippen molar-refractivity contribution in [2.24, 2.45) is 0 Å². The Kier molecular flexibility index (Phi) is 4.93. The summed E-state index contributed by atoms with van der Waals surface area (Å²) in [6.07, 6.45) is 0. The predicted molar refractivity (Wildman–Crippen MR) is 59.2 cm³/mol. The van der Waals surface area contributed by atoms with E-state index in [1.807, 2.05) is 25.1 Å². The molecule has 78 valence electrons. The second-order valence-electron chi connectivity index (χ2n) is 2.71. The van der Waals surface area contributed by atoms with Crippen LogP contribution in [0.4, 0.5) is 0 Å². The molecular weight excluding hydrogens is 246 g/mol. The topological polar surface area (TPSA) is 30.5 Å². The van der Waals surface area contributed by atoms with Crippen LogP contribution in [0.2, 0.25) is 0 Å². The molecule has 0 aromatic heterocycles. The minimum Gasteiger partial charge on any atom is -0.497 e. The quantitative estimate of drug-likeness (QED) is 0.651. The van der Waals surface area contributed by atoms with Gasteiger partial charge in [0, 0.05) is 11.0 Å². The van der Waals surface area contributed by atoms with E-state index in [9.17, 15) is 0 Å². The first-order valence-corrected chi connectivity index (χ1v) is 5.24. The van der Waals surface area contributed by atoms with Crippen LogP contribution < -0.4 is 10.2 Å². The molecule has 0 aliphatic rings. The Morgan fingerprint density at radius 1 is 1.43 bits per heavy atom. The van der Waals surface area contributed by atoms with Crippen molar-refractivity contribution in [3.8, 4) is 5.75 Å². The molecule has 1 aromatic rings. The van der Waals surface area contributed by atoms with Gasteiger partial charge in [-0.1, -0.05) is 15.9 Å². The lowest BCUT2D eigenvalue weighted by Gasteiger charge is -2.08. The first-order valence-electron chi connectivity index (χ1n) is 4.45. The maximum atomic E-state index is 5.13. The van der Waals surface area contributed by atoms with Gasteiger partial charge in [-0.2, -0.15) is 5.48 Å². The number of halogens is 1. The molecule has 0 fully saturated rings. The summed E-state index contributed by atoms with van der Waals surface area (Å²) in [6, 6.07) is 5.84. The second kappa shape index (κ2) is 6.01.